The van der Waals surface area contributed by atoms with Crippen molar-refractivity contribution in [3.63, 3.8) is 0 Å². The number of hydrogen-bond acceptors (Lipinski definition) is 4. The Bertz CT molecular complexity index is 726. The quantitative estimate of drug-likeness (QED) is 0.844. The van der Waals surface area contributed by atoms with Crippen molar-refractivity contribution in [3.05, 3.63) is 47.5 Å². The zero-order valence-electron chi connectivity index (χ0n) is 14.1. The monoisotopic (exact) mass is 325 g/mol. The third-order valence-corrected chi connectivity index (χ3v) is 5.08. The first kappa shape index (κ1) is 15.3. The zero-order chi connectivity index (χ0) is 16.5. The Morgan fingerprint density at radius 3 is 2.75 bits per heavy atom. The topological polar surface area (TPSA) is 54.3 Å². The molecule has 0 saturated carbocycles. The molecule has 0 unspecified atom stereocenters. The number of fused-ring (bicyclic) bond motifs is 1. The normalized spacial score (nSPS) is 21.5. The number of benzene rings is 1. The number of piperidine rings is 1. The molecule has 1 aromatic carbocycles. The Balaban J connectivity index is 1.51. The molecule has 24 heavy (non-hydrogen) atoms. The van der Waals surface area contributed by atoms with Gasteiger partial charge in [-0.05, 0) is 38.6 Å². The maximum atomic E-state index is 12.6. The van der Waals surface area contributed by atoms with Gasteiger partial charge in [0.2, 0.25) is 0 Å². The lowest BCUT2D eigenvalue weighted by Gasteiger charge is -2.32. The minimum Gasteiger partial charge on any atom is -0.329 e. The van der Waals surface area contributed by atoms with Crippen LogP contribution in [0.2, 0.25) is 0 Å². The number of hydrogen-bond donors (Lipinski definition) is 0. The summed E-state index contributed by atoms with van der Waals surface area (Å²) < 4.78 is 2.23. The van der Waals surface area contributed by atoms with E-state index in [4.69, 9.17) is 0 Å². The maximum absolute atomic E-state index is 12.6. The Labute approximate surface area is 142 Å². The number of carbonyl (C=O) groups is 1. The molecular formula is C18H23N5O. The van der Waals surface area contributed by atoms with Crippen LogP contribution >= 0.6 is 0 Å². The third-order valence-electron chi connectivity index (χ3n) is 5.08. The summed E-state index contributed by atoms with van der Waals surface area (Å²) in [7, 11) is 2.17. The van der Waals surface area contributed by atoms with Crippen molar-refractivity contribution in [1.29, 1.82) is 0 Å². The van der Waals surface area contributed by atoms with Gasteiger partial charge in [0.15, 0.2) is 5.82 Å². The van der Waals surface area contributed by atoms with Crippen LogP contribution in [0.4, 0.5) is 0 Å². The Morgan fingerprint density at radius 2 is 1.96 bits per heavy atom. The number of likely N-dealkylation sites (tertiary alicyclic amines) is 1. The summed E-state index contributed by atoms with van der Waals surface area (Å²) in [5.74, 6) is 2.54. The van der Waals surface area contributed by atoms with E-state index in [0.29, 0.717) is 19.0 Å². The highest BCUT2D eigenvalue weighted by atomic mass is 16.2. The number of likely N-dealkylation sites (N-methyl/N-ethyl adjacent to an activating group) is 1. The summed E-state index contributed by atoms with van der Waals surface area (Å²) in [6, 6.07) is 9.46. The molecule has 126 valence electrons. The van der Waals surface area contributed by atoms with Crippen molar-refractivity contribution in [2.45, 2.75) is 31.8 Å². The fourth-order valence-electron chi connectivity index (χ4n) is 3.80. The minimum absolute atomic E-state index is 0.0730. The van der Waals surface area contributed by atoms with Crippen LogP contribution in [0.5, 0.6) is 0 Å². The van der Waals surface area contributed by atoms with Crippen LogP contribution < -0.4 is 0 Å². The summed E-state index contributed by atoms with van der Waals surface area (Å²) in [6.07, 6.45) is 2.39. The highest BCUT2D eigenvalue weighted by Gasteiger charge is 2.29. The van der Waals surface area contributed by atoms with Crippen molar-refractivity contribution < 1.29 is 4.79 Å². The van der Waals surface area contributed by atoms with E-state index in [2.05, 4.69) is 26.7 Å². The fourth-order valence-corrected chi connectivity index (χ4v) is 3.80. The molecule has 0 aliphatic carbocycles. The second kappa shape index (κ2) is 6.36. The summed E-state index contributed by atoms with van der Waals surface area (Å²) in [5.41, 5.74) is 0.736. The molecule has 2 aliphatic heterocycles. The lowest BCUT2D eigenvalue weighted by Crippen LogP contribution is -2.39. The average molecular weight is 325 g/mol. The highest BCUT2D eigenvalue weighted by molar-refractivity contribution is 5.94. The molecule has 1 aromatic heterocycles. The largest absolute Gasteiger partial charge is 0.329 e. The van der Waals surface area contributed by atoms with Gasteiger partial charge in [0.25, 0.3) is 5.91 Å². The lowest BCUT2D eigenvalue weighted by molar-refractivity contribution is 0.0705. The Morgan fingerprint density at radius 1 is 1.12 bits per heavy atom. The zero-order valence-corrected chi connectivity index (χ0v) is 14.1. The molecule has 0 spiro atoms. The molecule has 1 amide bonds. The predicted octanol–water partition coefficient (Wildman–Crippen LogP) is 1.74. The van der Waals surface area contributed by atoms with Gasteiger partial charge < -0.3 is 14.4 Å². The van der Waals surface area contributed by atoms with E-state index >= 15 is 0 Å². The van der Waals surface area contributed by atoms with E-state index in [1.807, 2.05) is 35.2 Å². The fraction of sp³-hybridized carbons (Fsp3) is 0.500. The van der Waals surface area contributed by atoms with Gasteiger partial charge in [0.1, 0.15) is 5.82 Å². The molecule has 1 atom stereocenters. The van der Waals surface area contributed by atoms with E-state index in [1.165, 1.54) is 12.8 Å². The first-order valence-electron chi connectivity index (χ1n) is 8.67. The van der Waals surface area contributed by atoms with Crippen LogP contribution in [0.15, 0.2) is 30.3 Å². The number of nitrogens with zero attached hydrogens (tertiary/aromatic N) is 5. The number of carbonyl (C=O) groups excluding carboxylic acids is 1. The van der Waals surface area contributed by atoms with Gasteiger partial charge in [0, 0.05) is 31.1 Å². The first-order valence-corrected chi connectivity index (χ1v) is 8.67. The highest BCUT2D eigenvalue weighted by Crippen LogP contribution is 2.27. The van der Waals surface area contributed by atoms with Gasteiger partial charge >= 0.3 is 0 Å². The first-order chi connectivity index (χ1) is 11.7. The van der Waals surface area contributed by atoms with Gasteiger partial charge in [0.05, 0.1) is 6.54 Å². The molecule has 1 fully saturated rings. The lowest BCUT2D eigenvalue weighted by atomic mass is 9.97. The molecule has 1 saturated heterocycles. The molecule has 3 heterocycles. The molecule has 0 radical (unpaired) electrons. The van der Waals surface area contributed by atoms with Crippen LogP contribution in [0, 0.1) is 0 Å². The maximum Gasteiger partial charge on any atom is 0.254 e. The summed E-state index contributed by atoms with van der Waals surface area (Å²) in [6.45, 7) is 4.26. The van der Waals surface area contributed by atoms with Crippen LogP contribution in [0.3, 0.4) is 0 Å². The molecule has 2 aromatic rings. The van der Waals surface area contributed by atoms with E-state index in [9.17, 15) is 4.79 Å². The second-order valence-corrected chi connectivity index (χ2v) is 6.82. The van der Waals surface area contributed by atoms with Gasteiger partial charge in [-0.15, -0.1) is 10.2 Å². The SMILES string of the molecule is CN1CCC[C@@H](c2nnc3n2CCN(C(=O)c2ccccc2)C3)C1. The molecule has 0 N–H and O–H groups in total. The van der Waals surface area contributed by atoms with Gasteiger partial charge in [-0.2, -0.15) is 0 Å². The molecule has 6 nitrogen and oxygen atoms in total. The van der Waals surface area contributed by atoms with Crippen LogP contribution in [0.1, 0.15) is 40.8 Å². The Hall–Kier alpha value is -2.21. The molecule has 6 heteroatoms. The number of aromatic nitrogens is 3. The molecule has 0 bridgehead atoms. The van der Waals surface area contributed by atoms with Crippen LogP contribution in [-0.4, -0.2) is 57.2 Å². The van der Waals surface area contributed by atoms with Crippen LogP contribution in [0.25, 0.3) is 0 Å². The van der Waals surface area contributed by atoms with Gasteiger partial charge in [-0.25, -0.2) is 0 Å². The van der Waals surface area contributed by atoms with Gasteiger partial charge in [-0.3, -0.25) is 4.79 Å². The number of amides is 1. The summed E-state index contributed by atoms with van der Waals surface area (Å²) in [5, 5.41) is 8.85. The molecular weight excluding hydrogens is 302 g/mol. The Kier molecular flexibility index (Phi) is 4.06. The van der Waals surface area contributed by atoms with Crippen molar-refractivity contribution in [2.75, 3.05) is 26.7 Å². The van der Waals surface area contributed by atoms with Crippen molar-refractivity contribution in [1.82, 2.24) is 24.6 Å². The smallest absolute Gasteiger partial charge is 0.254 e. The molecule has 4 rings (SSSR count). The van der Waals surface area contributed by atoms with E-state index < -0.39 is 0 Å². The predicted molar refractivity (Wildman–Crippen MR) is 90.7 cm³/mol. The molecule has 2 aliphatic rings. The average Bonchev–Trinajstić information content (AvgIpc) is 3.05. The van der Waals surface area contributed by atoms with Crippen molar-refractivity contribution in [3.8, 4) is 0 Å². The summed E-state index contributed by atoms with van der Waals surface area (Å²) >= 11 is 0. The minimum atomic E-state index is 0.0730. The summed E-state index contributed by atoms with van der Waals surface area (Å²) in [4.78, 5) is 16.9. The van der Waals surface area contributed by atoms with Crippen molar-refractivity contribution in [2.24, 2.45) is 0 Å². The van der Waals surface area contributed by atoms with E-state index in [-0.39, 0.29) is 5.91 Å². The van der Waals surface area contributed by atoms with Crippen LogP contribution in [-0.2, 0) is 13.1 Å². The second-order valence-electron chi connectivity index (χ2n) is 6.82. The van der Waals surface area contributed by atoms with Gasteiger partial charge in [-0.1, -0.05) is 18.2 Å². The van der Waals surface area contributed by atoms with E-state index in [0.717, 1.165) is 36.8 Å². The van der Waals surface area contributed by atoms with E-state index in [1.54, 1.807) is 0 Å². The number of rotatable bonds is 2. The standard InChI is InChI=1S/C18H23N5O/c1-21-9-5-8-15(12-21)17-20-19-16-13-22(10-11-23(16)17)18(24)14-6-3-2-4-7-14/h2-4,6-7,15H,5,8-13H2,1H3/t15-/m1/s1. The third kappa shape index (κ3) is 2.82. The van der Waals surface area contributed by atoms with Crippen molar-refractivity contribution >= 4 is 5.91 Å².